The van der Waals surface area contributed by atoms with Crippen LogP contribution in [0.15, 0.2) is 22.7 Å². The lowest BCUT2D eigenvalue weighted by Gasteiger charge is -2.12. The summed E-state index contributed by atoms with van der Waals surface area (Å²) in [5.41, 5.74) is 7.57. The molecule has 3 N–H and O–H groups in total. The SMILES string of the molecule is NC(=S)c1ccc(Br)cc1NCCCOCC1CC1. The van der Waals surface area contributed by atoms with E-state index in [-0.39, 0.29) is 0 Å². The smallest absolute Gasteiger partial charge is 0.106 e. The van der Waals surface area contributed by atoms with E-state index in [1.807, 2.05) is 18.2 Å². The Balaban J connectivity index is 1.74. The Morgan fingerprint density at radius 3 is 2.95 bits per heavy atom. The number of nitrogens with one attached hydrogen (secondary N) is 1. The van der Waals surface area contributed by atoms with E-state index < -0.39 is 0 Å². The number of anilines is 1. The van der Waals surface area contributed by atoms with Crippen molar-refractivity contribution in [2.45, 2.75) is 19.3 Å². The fourth-order valence-corrected chi connectivity index (χ4v) is 2.35. The summed E-state index contributed by atoms with van der Waals surface area (Å²) in [6.07, 6.45) is 3.66. The molecule has 0 bridgehead atoms. The molecule has 3 nitrogen and oxygen atoms in total. The van der Waals surface area contributed by atoms with Crippen LogP contribution in [0.5, 0.6) is 0 Å². The maximum absolute atomic E-state index is 5.71. The third-order valence-corrected chi connectivity index (χ3v) is 3.79. The highest BCUT2D eigenvalue weighted by Crippen LogP contribution is 2.28. The van der Waals surface area contributed by atoms with Gasteiger partial charge in [-0.3, -0.25) is 0 Å². The predicted molar refractivity (Wildman–Crippen MR) is 86.7 cm³/mol. The summed E-state index contributed by atoms with van der Waals surface area (Å²) in [5, 5.41) is 3.36. The van der Waals surface area contributed by atoms with Crippen molar-refractivity contribution in [1.29, 1.82) is 0 Å². The zero-order chi connectivity index (χ0) is 13.7. The van der Waals surface area contributed by atoms with E-state index in [1.165, 1.54) is 12.8 Å². The summed E-state index contributed by atoms with van der Waals surface area (Å²) in [7, 11) is 0. The number of rotatable bonds is 8. The maximum Gasteiger partial charge on any atom is 0.106 e. The third kappa shape index (κ3) is 5.09. The normalized spacial score (nSPS) is 14.4. The van der Waals surface area contributed by atoms with Gasteiger partial charge >= 0.3 is 0 Å². The minimum atomic E-state index is 0.417. The Bertz CT molecular complexity index is 449. The van der Waals surface area contributed by atoms with Crippen molar-refractivity contribution in [3.63, 3.8) is 0 Å². The first-order valence-electron chi connectivity index (χ1n) is 6.58. The van der Waals surface area contributed by atoms with Gasteiger partial charge in [0.05, 0.1) is 0 Å². The lowest BCUT2D eigenvalue weighted by atomic mass is 10.2. The molecule has 0 radical (unpaired) electrons. The zero-order valence-electron chi connectivity index (χ0n) is 10.8. The molecular weight excluding hydrogens is 324 g/mol. The Labute approximate surface area is 128 Å². The summed E-state index contributed by atoms with van der Waals surface area (Å²) in [6, 6.07) is 5.87. The van der Waals surface area contributed by atoms with Crippen molar-refractivity contribution in [2.24, 2.45) is 11.7 Å². The standard InChI is InChI=1S/C14H19BrN2OS/c15-11-4-5-12(14(16)19)13(8-11)17-6-1-7-18-9-10-2-3-10/h4-5,8,10,17H,1-3,6-7,9H2,(H2,16,19). The first-order chi connectivity index (χ1) is 9.16. The Morgan fingerprint density at radius 2 is 2.26 bits per heavy atom. The van der Waals surface area contributed by atoms with Gasteiger partial charge < -0.3 is 15.8 Å². The highest BCUT2D eigenvalue weighted by molar-refractivity contribution is 9.10. The van der Waals surface area contributed by atoms with Gasteiger partial charge in [-0.25, -0.2) is 0 Å². The van der Waals surface area contributed by atoms with Gasteiger partial charge in [0.1, 0.15) is 4.99 Å². The van der Waals surface area contributed by atoms with Gasteiger partial charge in [-0.15, -0.1) is 0 Å². The molecule has 104 valence electrons. The molecule has 1 aliphatic carbocycles. The second kappa shape index (κ2) is 7.22. The van der Waals surface area contributed by atoms with Crippen molar-refractivity contribution in [3.8, 4) is 0 Å². The van der Waals surface area contributed by atoms with Crippen molar-refractivity contribution >= 4 is 38.8 Å². The maximum atomic E-state index is 5.71. The van der Waals surface area contributed by atoms with Gasteiger partial charge in [0, 0.05) is 35.5 Å². The van der Waals surface area contributed by atoms with Crippen LogP contribution in [0.1, 0.15) is 24.8 Å². The largest absolute Gasteiger partial charge is 0.389 e. The van der Waals surface area contributed by atoms with Crippen LogP contribution in [0.2, 0.25) is 0 Å². The fraction of sp³-hybridized carbons (Fsp3) is 0.500. The number of benzene rings is 1. The summed E-state index contributed by atoms with van der Waals surface area (Å²) < 4.78 is 6.61. The Morgan fingerprint density at radius 1 is 1.47 bits per heavy atom. The lowest BCUT2D eigenvalue weighted by molar-refractivity contribution is 0.124. The minimum Gasteiger partial charge on any atom is -0.389 e. The van der Waals surface area contributed by atoms with Crippen LogP contribution in [0, 0.1) is 5.92 Å². The number of halogens is 1. The first kappa shape index (κ1) is 14.8. The van der Waals surface area contributed by atoms with Gasteiger partial charge in [-0.1, -0.05) is 28.1 Å². The number of hydrogen-bond donors (Lipinski definition) is 2. The van der Waals surface area contributed by atoms with Crippen LogP contribution in [0.3, 0.4) is 0 Å². The number of nitrogens with two attached hydrogens (primary N) is 1. The molecule has 0 unspecified atom stereocenters. The molecule has 0 aromatic heterocycles. The summed E-state index contributed by atoms with van der Waals surface area (Å²) in [5.74, 6) is 0.833. The quantitative estimate of drug-likeness (QED) is 0.562. The molecule has 0 heterocycles. The first-order valence-corrected chi connectivity index (χ1v) is 7.78. The monoisotopic (exact) mass is 342 g/mol. The van der Waals surface area contributed by atoms with E-state index in [0.717, 1.165) is 47.8 Å². The van der Waals surface area contributed by atoms with Crippen LogP contribution in [-0.4, -0.2) is 24.7 Å². The van der Waals surface area contributed by atoms with Crippen LogP contribution in [-0.2, 0) is 4.74 Å². The molecule has 5 heteroatoms. The van der Waals surface area contributed by atoms with E-state index in [1.54, 1.807) is 0 Å². The highest BCUT2D eigenvalue weighted by Gasteiger charge is 2.20. The molecular formula is C14H19BrN2OS. The van der Waals surface area contributed by atoms with Gasteiger partial charge in [-0.05, 0) is 43.4 Å². The minimum absolute atomic E-state index is 0.417. The molecule has 1 aromatic carbocycles. The van der Waals surface area contributed by atoms with E-state index in [2.05, 4.69) is 21.2 Å². The highest BCUT2D eigenvalue weighted by atomic mass is 79.9. The molecule has 1 saturated carbocycles. The molecule has 1 aromatic rings. The van der Waals surface area contributed by atoms with E-state index >= 15 is 0 Å². The molecule has 0 saturated heterocycles. The molecule has 1 aliphatic rings. The average molecular weight is 343 g/mol. The average Bonchev–Trinajstić information content (AvgIpc) is 3.17. The molecule has 19 heavy (non-hydrogen) atoms. The predicted octanol–water partition coefficient (Wildman–Crippen LogP) is 3.31. The number of hydrogen-bond acceptors (Lipinski definition) is 3. The summed E-state index contributed by atoms with van der Waals surface area (Å²) >= 11 is 8.50. The van der Waals surface area contributed by atoms with Gasteiger partial charge in [0.25, 0.3) is 0 Å². The molecule has 2 rings (SSSR count). The van der Waals surface area contributed by atoms with Gasteiger partial charge in [-0.2, -0.15) is 0 Å². The van der Waals surface area contributed by atoms with Crippen LogP contribution >= 0.6 is 28.1 Å². The molecule has 0 amide bonds. The molecule has 0 atom stereocenters. The van der Waals surface area contributed by atoms with Crippen LogP contribution in [0.25, 0.3) is 0 Å². The Hall–Kier alpha value is -0.650. The van der Waals surface area contributed by atoms with Crippen LogP contribution in [0.4, 0.5) is 5.69 Å². The summed E-state index contributed by atoms with van der Waals surface area (Å²) in [6.45, 7) is 2.59. The van der Waals surface area contributed by atoms with E-state index in [0.29, 0.717) is 4.99 Å². The molecule has 0 spiro atoms. The number of thiocarbonyl (C=S) groups is 1. The second-order valence-corrected chi connectivity index (χ2v) is 6.21. The molecule has 0 aliphatic heterocycles. The lowest BCUT2D eigenvalue weighted by Crippen LogP contribution is -2.14. The van der Waals surface area contributed by atoms with Crippen molar-refractivity contribution in [1.82, 2.24) is 0 Å². The van der Waals surface area contributed by atoms with E-state index in [4.69, 9.17) is 22.7 Å². The number of ether oxygens (including phenoxy) is 1. The van der Waals surface area contributed by atoms with Crippen molar-refractivity contribution in [2.75, 3.05) is 25.1 Å². The van der Waals surface area contributed by atoms with Crippen molar-refractivity contribution < 1.29 is 4.74 Å². The third-order valence-electron chi connectivity index (χ3n) is 3.08. The fourth-order valence-electron chi connectivity index (χ4n) is 1.81. The zero-order valence-corrected chi connectivity index (χ0v) is 13.2. The van der Waals surface area contributed by atoms with Gasteiger partial charge in [0.2, 0.25) is 0 Å². The van der Waals surface area contributed by atoms with Gasteiger partial charge in [0.15, 0.2) is 0 Å². The topological polar surface area (TPSA) is 47.3 Å². The van der Waals surface area contributed by atoms with Crippen molar-refractivity contribution in [3.05, 3.63) is 28.2 Å². The Kier molecular flexibility index (Phi) is 5.60. The molecule has 1 fully saturated rings. The second-order valence-electron chi connectivity index (χ2n) is 4.85. The summed E-state index contributed by atoms with van der Waals surface area (Å²) in [4.78, 5) is 0.417. The van der Waals surface area contributed by atoms with E-state index in [9.17, 15) is 0 Å². The van der Waals surface area contributed by atoms with Crippen LogP contribution < -0.4 is 11.1 Å².